The summed E-state index contributed by atoms with van der Waals surface area (Å²) in [5.74, 6) is -9.84. The van der Waals surface area contributed by atoms with Gasteiger partial charge in [-0.25, -0.2) is 4.79 Å². The number of phenolic OH excluding ortho intramolecular Hbond substituents is 1. The van der Waals surface area contributed by atoms with Crippen LogP contribution in [0.25, 0.3) is 0 Å². The average molecular weight is 517 g/mol. The molecular formula is C26H32N2O9. The standard InChI is InChI=1S/C26H32N2O9/c1-9(2)15-19(32)14(22(27)35)20(33)26(37)21(34)16-18(31)13-11(6-7-12(17(13)30)28-8-29)10(3)24(16,4)23(36)25(15,26)5/h6-7,9-10,14-16,19,21,23,30,32,34,36-37H,1-5H3,(H2,27,35)/t10-,14-,15+,16-,19?,21?,23-,24+,25+,26+/m1/s1. The Morgan fingerprint density at radius 2 is 1.76 bits per heavy atom. The summed E-state index contributed by atoms with van der Waals surface area (Å²) < 4.78 is 0. The number of phenols is 1. The number of aliphatic hydroxyl groups excluding tert-OH is 3. The Hall–Kier alpha value is -2.95. The lowest BCUT2D eigenvalue weighted by Crippen LogP contribution is -2.83. The van der Waals surface area contributed by atoms with E-state index in [1.165, 1.54) is 25.1 Å². The molecule has 2 unspecified atom stereocenters. The zero-order valence-corrected chi connectivity index (χ0v) is 21.2. The highest BCUT2D eigenvalue weighted by Gasteiger charge is 2.80. The quantitative estimate of drug-likeness (QED) is 0.182. The normalized spacial score (nSPS) is 42.9. The van der Waals surface area contributed by atoms with Crippen LogP contribution in [-0.2, 0) is 14.4 Å². The summed E-state index contributed by atoms with van der Waals surface area (Å²) in [7, 11) is 0. The second-order valence-corrected chi connectivity index (χ2v) is 11.4. The molecule has 0 heterocycles. The lowest BCUT2D eigenvalue weighted by molar-refractivity contribution is -0.306. The summed E-state index contributed by atoms with van der Waals surface area (Å²) in [6.07, 6.45) is -4.17. The third-order valence-corrected chi connectivity index (χ3v) is 9.76. The Morgan fingerprint density at radius 3 is 2.27 bits per heavy atom. The van der Waals surface area contributed by atoms with Gasteiger partial charge in [-0.3, -0.25) is 14.4 Å². The number of carbonyl (C=O) groups excluding carboxylic acids is 4. The van der Waals surface area contributed by atoms with Crippen molar-refractivity contribution in [1.29, 1.82) is 0 Å². The van der Waals surface area contributed by atoms with Crippen LogP contribution in [0.4, 0.5) is 5.69 Å². The van der Waals surface area contributed by atoms with Crippen LogP contribution in [0.5, 0.6) is 5.75 Å². The minimum Gasteiger partial charge on any atom is -0.505 e. The minimum absolute atomic E-state index is 0.238. The van der Waals surface area contributed by atoms with Crippen LogP contribution in [0, 0.1) is 34.5 Å². The van der Waals surface area contributed by atoms with E-state index >= 15 is 0 Å². The Morgan fingerprint density at radius 1 is 1.16 bits per heavy atom. The number of benzene rings is 1. The lowest BCUT2D eigenvalue weighted by Gasteiger charge is -2.69. The number of aliphatic hydroxyl groups is 4. The summed E-state index contributed by atoms with van der Waals surface area (Å²) in [6.45, 7) is 7.95. The SMILES string of the molecule is CC(C)[C@H]1C(O)[C@@H](C(N)=O)C(=O)[C@]2(O)C(O)[C@H]3C(=O)c4c(ccc(N=C=O)c4O)[C@@H](C)[C@]3(C)[C@@H](O)[C@]12C. The predicted octanol–water partition coefficient (Wildman–Crippen LogP) is 0.0719. The molecule has 11 heteroatoms. The Kier molecular flexibility index (Phi) is 6.06. The molecule has 0 saturated heterocycles. The molecule has 0 aromatic heterocycles. The van der Waals surface area contributed by atoms with Gasteiger partial charge in [-0.05, 0) is 29.4 Å². The van der Waals surface area contributed by atoms with E-state index in [0.717, 1.165) is 0 Å². The molecule has 0 aliphatic heterocycles. The van der Waals surface area contributed by atoms with Crippen LogP contribution in [0.15, 0.2) is 17.1 Å². The van der Waals surface area contributed by atoms with Crippen LogP contribution in [0.1, 0.15) is 56.5 Å². The smallest absolute Gasteiger partial charge is 0.240 e. The van der Waals surface area contributed by atoms with Gasteiger partial charge in [-0.1, -0.05) is 40.7 Å². The number of nitrogens with zero attached hydrogens (tertiary/aromatic N) is 1. The molecule has 1 amide bonds. The number of rotatable bonds is 3. The lowest BCUT2D eigenvalue weighted by atomic mass is 9.36. The van der Waals surface area contributed by atoms with Gasteiger partial charge in [0.05, 0.1) is 23.7 Å². The number of hydrogen-bond donors (Lipinski definition) is 6. The number of nitrogens with two attached hydrogens (primary N) is 1. The largest absolute Gasteiger partial charge is 0.505 e. The molecule has 0 spiro atoms. The van der Waals surface area contributed by atoms with Crippen molar-refractivity contribution in [2.45, 2.75) is 64.4 Å². The van der Waals surface area contributed by atoms with Gasteiger partial charge in [0.25, 0.3) is 0 Å². The molecule has 3 aliphatic rings. The second-order valence-electron chi connectivity index (χ2n) is 11.4. The second kappa shape index (κ2) is 8.28. The number of aromatic hydroxyl groups is 1. The fourth-order valence-corrected chi connectivity index (χ4v) is 7.89. The molecule has 10 atom stereocenters. The number of Topliss-reactive ketones (excluding diaryl/α,β-unsaturated/α-hetero) is 2. The third kappa shape index (κ3) is 2.94. The molecule has 1 aromatic rings. The third-order valence-electron chi connectivity index (χ3n) is 9.76. The van der Waals surface area contributed by atoms with Gasteiger partial charge in [0.1, 0.15) is 17.7 Å². The number of fused-ring (bicyclic) bond motifs is 3. The number of carbonyl (C=O) groups is 3. The molecule has 7 N–H and O–H groups in total. The zero-order chi connectivity index (χ0) is 28.0. The molecule has 0 radical (unpaired) electrons. The first kappa shape index (κ1) is 27.1. The maximum absolute atomic E-state index is 13.9. The highest BCUT2D eigenvalue weighted by molar-refractivity contribution is 6.10. The first-order chi connectivity index (χ1) is 17.1. The van der Waals surface area contributed by atoms with Gasteiger partial charge in [0, 0.05) is 10.8 Å². The van der Waals surface area contributed by atoms with Gasteiger partial charge in [0.15, 0.2) is 22.9 Å². The van der Waals surface area contributed by atoms with Crippen molar-refractivity contribution in [3.8, 4) is 5.75 Å². The fourth-order valence-electron chi connectivity index (χ4n) is 7.89. The molecule has 1 aromatic carbocycles. The van der Waals surface area contributed by atoms with Crippen LogP contribution in [-0.4, -0.2) is 73.0 Å². The molecule has 200 valence electrons. The summed E-state index contributed by atoms with van der Waals surface area (Å²) in [6, 6.07) is 2.79. The maximum Gasteiger partial charge on any atom is 0.240 e. The van der Waals surface area contributed by atoms with E-state index in [9.17, 15) is 44.7 Å². The van der Waals surface area contributed by atoms with E-state index in [1.807, 2.05) is 0 Å². The number of hydrogen-bond acceptors (Lipinski definition) is 10. The van der Waals surface area contributed by atoms with Crippen LogP contribution < -0.4 is 5.73 Å². The predicted molar refractivity (Wildman–Crippen MR) is 127 cm³/mol. The highest BCUT2D eigenvalue weighted by Crippen LogP contribution is 2.68. The van der Waals surface area contributed by atoms with E-state index in [4.69, 9.17) is 5.73 Å². The molecule has 3 aliphatic carbocycles. The van der Waals surface area contributed by atoms with Crippen molar-refractivity contribution in [3.05, 3.63) is 23.3 Å². The van der Waals surface area contributed by atoms with Crippen molar-refractivity contribution in [2.24, 2.45) is 45.2 Å². The summed E-state index contributed by atoms with van der Waals surface area (Å²) in [5, 5.41) is 57.8. The molecule has 37 heavy (non-hydrogen) atoms. The van der Waals surface area contributed by atoms with Crippen LogP contribution in [0.2, 0.25) is 0 Å². The van der Waals surface area contributed by atoms with Gasteiger partial charge in [0.2, 0.25) is 12.0 Å². The molecule has 4 rings (SSSR count). The van der Waals surface area contributed by atoms with Crippen molar-refractivity contribution < 1.29 is 44.7 Å². The topological polar surface area (TPSA) is 208 Å². The van der Waals surface area contributed by atoms with Crippen molar-refractivity contribution in [1.82, 2.24) is 0 Å². The van der Waals surface area contributed by atoms with Crippen molar-refractivity contribution in [3.63, 3.8) is 0 Å². The highest BCUT2D eigenvalue weighted by atomic mass is 16.4. The first-order valence-corrected chi connectivity index (χ1v) is 12.1. The monoisotopic (exact) mass is 516 g/mol. The fraction of sp³-hybridized carbons (Fsp3) is 0.615. The van der Waals surface area contributed by atoms with E-state index in [-0.39, 0.29) is 11.3 Å². The molecule has 11 nitrogen and oxygen atoms in total. The van der Waals surface area contributed by atoms with E-state index in [1.54, 1.807) is 27.7 Å². The summed E-state index contributed by atoms with van der Waals surface area (Å²) in [5.41, 5.74) is -1.03. The molecule has 0 bridgehead atoms. The van der Waals surface area contributed by atoms with Crippen molar-refractivity contribution in [2.75, 3.05) is 0 Å². The minimum atomic E-state index is -2.86. The number of primary amides is 1. The first-order valence-electron chi connectivity index (χ1n) is 12.1. The maximum atomic E-state index is 13.9. The van der Waals surface area contributed by atoms with E-state index in [0.29, 0.717) is 5.56 Å². The number of amides is 1. The molecule has 2 saturated carbocycles. The Labute approximate surface area is 213 Å². The van der Waals surface area contributed by atoms with Gasteiger partial charge in [-0.2, -0.15) is 4.99 Å². The van der Waals surface area contributed by atoms with Crippen LogP contribution in [0.3, 0.4) is 0 Å². The van der Waals surface area contributed by atoms with Gasteiger partial charge < -0.3 is 31.3 Å². The van der Waals surface area contributed by atoms with Crippen molar-refractivity contribution >= 4 is 29.2 Å². The number of aliphatic imine (C=N–C) groups is 1. The number of ketones is 2. The average Bonchev–Trinajstić information content (AvgIpc) is 2.80. The Bertz CT molecular complexity index is 1260. The molecule has 2 fully saturated rings. The summed E-state index contributed by atoms with van der Waals surface area (Å²) >= 11 is 0. The van der Waals surface area contributed by atoms with E-state index in [2.05, 4.69) is 4.99 Å². The Balaban J connectivity index is 2.06. The molecular weight excluding hydrogens is 484 g/mol. The summed E-state index contributed by atoms with van der Waals surface area (Å²) in [4.78, 5) is 54.1. The van der Waals surface area contributed by atoms with Crippen LogP contribution >= 0.6 is 0 Å². The van der Waals surface area contributed by atoms with E-state index < -0.39 is 87.6 Å². The van der Waals surface area contributed by atoms with Gasteiger partial charge in [-0.15, -0.1) is 0 Å². The zero-order valence-electron chi connectivity index (χ0n) is 21.2. The van der Waals surface area contributed by atoms with Gasteiger partial charge >= 0.3 is 0 Å². The number of isocyanates is 1.